The number of benzene rings is 1. The van der Waals surface area contributed by atoms with E-state index in [0.29, 0.717) is 38.9 Å². The van der Waals surface area contributed by atoms with Crippen LogP contribution in [0.4, 0.5) is 0 Å². The van der Waals surface area contributed by atoms with Gasteiger partial charge >= 0.3 is 5.97 Å². The van der Waals surface area contributed by atoms with Gasteiger partial charge in [0.05, 0.1) is 12.6 Å². The standard InChI is InChI=1S/C20H18N4O6S/c1-11(25)12-4-5-14(15(8-12)28-3)29-10-17(26)30-9-16-21-22-20-23(2)19(27)18-13(24(16)20)6-7-31-18/h4-8H,9-10H2,1-3H3. The average molecular weight is 442 g/mol. The zero-order chi connectivity index (χ0) is 22.1. The highest BCUT2D eigenvalue weighted by molar-refractivity contribution is 7.17. The van der Waals surface area contributed by atoms with Crippen molar-refractivity contribution < 1.29 is 23.8 Å². The van der Waals surface area contributed by atoms with E-state index < -0.39 is 5.97 Å². The van der Waals surface area contributed by atoms with E-state index in [4.69, 9.17) is 14.2 Å². The monoisotopic (exact) mass is 442 g/mol. The Labute approximate surface area is 179 Å². The Balaban J connectivity index is 1.47. The zero-order valence-electron chi connectivity index (χ0n) is 16.9. The second kappa shape index (κ2) is 8.19. The van der Waals surface area contributed by atoms with Crippen molar-refractivity contribution in [2.45, 2.75) is 13.5 Å². The third-order valence-electron chi connectivity index (χ3n) is 4.68. The highest BCUT2D eigenvalue weighted by Gasteiger charge is 2.17. The lowest BCUT2D eigenvalue weighted by molar-refractivity contribution is -0.147. The molecule has 0 spiro atoms. The molecule has 0 N–H and O–H groups in total. The highest BCUT2D eigenvalue weighted by atomic mass is 32.1. The van der Waals surface area contributed by atoms with E-state index in [1.54, 1.807) is 41.1 Å². The maximum Gasteiger partial charge on any atom is 0.344 e. The quantitative estimate of drug-likeness (QED) is 0.315. The summed E-state index contributed by atoms with van der Waals surface area (Å²) in [4.78, 5) is 36.1. The molecule has 0 aliphatic rings. The first-order chi connectivity index (χ1) is 14.9. The Morgan fingerprint density at radius 1 is 1.16 bits per heavy atom. The van der Waals surface area contributed by atoms with Crippen molar-refractivity contribution in [3.05, 3.63) is 51.4 Å². The van der Waals surface area contributed by atoms with E-state index >= 15 is 0 Å². The summed E-state index contributed by atoms with van der Waals surface area (Å²) in [5, 5.41) is 9.90. The van der Waals surface area contributed by atoms with E-state index in [2.05, 4.69) is 10.2 Å². The van der Waals surface area contributed by atoms with E-state index in [9.17, 15) is 14.4 Å². The van der Waals surface area contributed by atoms with E-state index in [1.165, 1.54) is 29.9 Å². The third kappa shape index (κ3) is 3.75. The summed E-state index contributed by atoms with van der Waals surface area (Å²) >= 11 is 1.32. The van der Waals surface area contributed by atoms with Crippen LogP contribution < -0.4 is 15.0 Å². The summed E-state index contributed by atoms with van der Waals surface area (Å²) in [6.45, 7) is 0.939. The molecule has 0 saturated heterocycles. The van der Waals surface area contributed by atoms with E-state index in [-0.39, 0.29) is 24.6 Å². The van der Waals surface area contributed by atoms with Crippen LogP contribution in [0.5, 0.6) is 11.5 Å². The summed E-state index contributed by atoms with van der Waals surface area (Å²) < 4.78 is 19.6. The average Bonchev–Trinajstić information content (AvgIpc) is 3.41. The van der Waals surface area contributed by atoms with Gasteiger partial charge in [0.2, 0.25) is 5.78 Å². The molecule has 160 valence electrons. The fourth-order valence-corrected chi connectivity index (χ4v) is 3.93. The number of hydrogen-bond acceptors (Lipinski definition) is 9. The minimum Gasteiger partial charge on any atom is -0.493 e. The minimum atomic E-state index is -0.624. The molecule has 3 heterocycles. The number of nitrogens with zero attached hydrogens (tertiary/aromatic N) is 4. The highest BCUT2D eigenvalue weighted by Crippen LogP contribution is 2.28. The third-order valence-corrected chi connectivity index (χ3v) is 5.57. The van der Waals surface area contributed by atoms with E-state index in [1.807, 2.05) is 0 Å². The molecule has 1 aromatic carbocycles. The number of carbonyl (C=O) groups is 2. The molecule has 4 aromatic rings. The Morgan fingerprint density at radius 2 is 1.97 bits per heavy atom. The molecule has 11 heteroatoms. The summed E-state index contributed by atoms with van der Waals surface area (Å²) in [6, 6.07) is 6.48. The number of Topliss-reactive ketones (excluding diaryl/α,β-unsaturated/α-hetero) is 1. The summed E-state index contributed by atoms with van der Waals surface area (Å²) in [6.07, 6.45) is 0. The van der Waals surface area contributed by atoms with Gasteiger partial charge in [-0.05, 0) is 36.6 Å². The lowest BCUT2D eigenvalue weighted by Crippen LogP contribution is -2.20. The van der Waals surface area contributed by atoms with Crippen molar-refractivity contribution in [1.29, 1.82) is 0 Å². The van der Waals surface area contributed by atoms with Gasteiger partial charge in [-0.25, -0.2) is 4.79 Å². The van der Waals surface area contributed by atoms with Crippen molar-refractivity contribution in [1.82, 2.24) is 19.2 Å². The second-order valence-corrected chi connectivity index (χ2v) is 7.54. The maximum atomic E-state index is 12.4. The first-order valence-electron chi connectivity index (χ1n) is 9.18. The smallest absolute Gasteiger partial charge is 0.344 e. The predicted molar refractivity (Wildman–Crippen MR) is 112 cm³/mol. The van der Waals surface area contributed by atoms with Gasteiger partial charge in [0.15, 0.2) is 36.3 Å². The molecule has 0 unspecified atom stereocenters. The number of aromatic nitrogens is 4. The number of methoxy groups -OCH3 is 1. The van der Waals surface area contributed by atoms with Crippen LogP contribution in [0.1, 0.15) is 23.1 Å². The summed E-state index contributed by atoms with van der Waals surface area (Å²) in [7, 11) is 3.05. The minimum absolute atomic E-state index is 0.109. The lowest BCUT2D eigenvalue weighted by Gasteiger charge is -2.11. The number of carbonyl (C=O) groups excluding carboxylic acids is 2. The number of fused-ring (bicyclic) bond motifs is 3. The predicted octanol–water partition coefficient (Wildman–Crippen LogP) is 1.98. The van der Waals surface area contributed by atoms with Crippen LogP contribution >= 0.6 is 11.3 Å². The molecule has 0 atom stereocenters. The van der Waals surface area contributed by atoms with Gasteiger partial charge in [-0.2, -0.15) is 0 Å². The molecular formula is C20H18N4O6S. The normalized spacial score (nSPS) is 11.1. The molecule has 4 rings (SSSR count). The number of esters is 1. The first-order valence-corrected chi connectivity index (χ1v) is 10.1. The Kier molecular flexibility index (Phi) is 5.42. The molecule has 0 aliphatic heterocycles. The molecule has 0 radical (unpaired) electrons. The van der Waals surface area contributed by atoms with E-state index in [0.717, 1.165) is 0 Å². The van der Waals surface area contributed by atoms with Crippen LogP contribution in [-0.4, -0.2) is 44.6 Å². The number of thiophene rings is 1. The zero-order valence-corrected chi connectivity index (χ0v) is 17.8. The summed E-state index contributed by atoms with van der Waals surface area (Å²) in [5.41, 5.74) is 0.969. The SMILES string of the molecule is COc1cc(C(C)=O)ccc1OCC(=O)OCc1nnc2n(C)c(=O)c3sccc3n12. The van der Waals surface area contributed by atoms with Crippen molar-refractivity contribution >= 4 is 39.1 Å². The van der Waals surface area contributed by atoms with Gasteiger partial charge in [-0.1, -0.05) is 0 Å². The number of ketones is 1. The van der Waals surface area contributed by atoms with Gasteiger partial charge in [-0.3, -0.25) is 18.6 Å². The molecule has 0 aliphatic carbocycles. The molecular weight excluding hydrogens is 424 g/mol. The van der Waals surface area contributed by atoms with Crippen molar-refractivity contribution in [2.75, 3.05) is 13.7 Å². The van der Waals surface area contributed by atoms with Gasteiger partial charge in [0.25, 0.3) is 5.56 Å². The fourth-order valence-electron chi connectivity index (χ4n) is 3.08. The molecule has 0 fully saturated rings. The van der Waals surface area contributed by atoms with Gasteiger partial charge < -0.3 is 14.2 Å². The van der Waals surface area contributed by atoms with Crippen molar-refractivity contribution in [3.8, 4) is 11.5 Å². The fraction of sp³-hybridized carbons (Fsp3) is 0.250. The van der Waals surface area contributed by atoms with Gasteiger partial charge in [0, 0.05) is 12.6 Å². The van der Waals surface area contributed by atoms with Crippen LogP contribution in [0.2, 0.25) is 0 Å². The molecule has 0 bridgehead atoms. The molecule has 3 aromatic heterocycles. The number of aryl methyl sites for hydroxylation is 1. The van der Waals surface area contributed by atoms with Crippen LogP contribution in [-0.2, 0) is 23.2 Å². The number of ether oxygens (including phenoxy) is 3. The second-order valence-electron chi connectivity index (χ2n) is 6.62. The van der Waals surface area contributed by atoms with Crippen LogP contribution in [0, 0.1) is 0 Å². The van der Waals surface area contributed by atoms with Crippen molar-refractivity contribution in [2.24, 2.45) is 7.05 Å². The van der Waals surface area contributed by atoms with Crippen LogP contribution in [0.3, 0.4) is 0 Å². The number of rotatable bonds is 7. The number of hydrogen-bond donors (Lipinski definition) is 0. The Morgan fingerprint density at radius 3 is 2.71 bits per heavy atom. The van der Waals surface area contributed by atoms with Crippen LogP contribution in [0.15, 0.2) is 34.4 Å². The molecule has 0 amide bonds. The topological polar surface area (TPSA) is 114 Å². The molecule has 31 heavy (non-hydrogen) atoms. The van der Waals surface area contributed by atoms with Crippen LogP contribution in [0.25, 0.3) is 16.0 Å². The summed E-state index contributed by atoms with van der Waals surface area (Å²) in [5.74, 6) is 0.652. The van der Waals surface area contributed by atoms with Crippen molar-refractivity contribution in [3.63, 3.8) is 0 Å². The Bertz CT molecular complexity index is 1370. The Hall–Kier alpha value is -3.73. The van der Waals surface area contributed by atoms with Gasteiger partial charge in [0.1, 0.15) is 4.70 Å². The molecule has 0 saturated carbocycles. The lowest BCUT2D eigenvalue weighted by atomic mass is 10.1. The van der Waals surface area contributed by atoms with Gasteiger partial charge in [-0.15, -0.1) is 21.5 Å². The first kappa shape index (κ1) is 20.5. The largest absolute Gasteiger partial charge is 0.493 e. The molecule has 10 nitrogen and oxygen atoms in total. The maximum absolute atomic E-state index is 12.4.